The molecule has 2 fully saturated rings. The molecule has 1 aromatic carbocycles. The van der Waals surface area contributed by atoms with Gasteiger partial charge < -0.3 is 9.80 Å². The number of benzene rings is 1. The zero-order chi connectivity index (χ0) is 19.5. The van der Waals surface area contributed by atoms with E-state index < -0.39 is 0 Å². The SMILES string of the molecule is Cc1nnnn1CCC(=O)N1C[C@@H](c2ccccc2)[C@H]2[C@H]1CCCCCN2C. The van der Waals surface area contributed by atoms with Crippen molar-refractivity contribution in [1.29, 1.82) is 0 Å². The van der Waals surface area contributed by atoms with Crippen LogP contribution < -0.4 is 0 Å². The van der Waals surface area contributed by atoms with Crippen LogP contribution in [0.15, 0.2) is 30.3 Å². The third kappa shape index (κ3) is 3.81. The molecule has 2 aliphatic rings. The summed E-state index contributed by atoms with van der Waals surface area (Å²) in [6.45, 7) is 4.32. The Morgan fingerprint density at radius 3 is 2.75 bits per heavy atom. The number of aromatic nitrogens is 4. The van der Waals surface area contributed by atoms with Crippen molar-refractivity contribution in [2.24, 2.45) is 0 Å². The fourth-order valence-corrected chi connectivity index (χ4v) is 4.97. The van der Waals surface area contributed by atoms with E-state index in [0.717, 1.165) is 25.3 Å². The molecule has 2 aromatic rings. The van der Waals surface area contributed by atoms with E-state index in [0.29, 0.717) is 24.9 Å². The molecule has 150 valence electrons. The van der Waals surface area contributed by atoms with Crippen molar-refractivity contribution in [2.75, 3.05) is 20.1 Å². The van der Waals surface area contributed by atoms with Crippen molar-refractivity contribution in [2.45, 2.75) is 63.6 Å². The zero-order valence-electron chi connectivity index (χ0n) is 16.9. The third-order valence-corrected chi connectivity index (χ3v) is 6.42. The van der Waals surface area contributed by atoms with Crippen LogP contribution >= 0.6 is 0 Å². The van der Waals surface area contributed by atoms with Crippen LogP contribution in [0.1, 0.15) is 49.4 Å². The molecule has 3 atom stereocenters. The van der Waals surface area contributed by atoms with Crippen molar-refractivity contribution in [3.05, 3.63) is 41.7 Å². The van der Waals surface area contributed by atoms with E-state index in [9.17, 15) is 4.79 Å². The number of carbonyl (C=O) groups is 1. The molecule has 0 aliphatic carbocycles. The van der Waals surface area contributed by atoms with Crippen LogP contribution in [-0.2, 0) is 11.3 Å². The van der Waals surface area contributed by atoms with Gasteiger partial charge in [0.15, 0.2) is 0 Å². The van der Waals surface area contributed by atoms with Gasteiger partial charge in [0.1, 0.15) is 5.82 Å². The molecule has 2 aliphatic heterocycles. The van der Waals surface area contributed by atoms with Gasteiger partial charge in [-0.25, -0.2) is 4.68 Å². The maximum Gasteiger partial charge on any atom is 0.224 e. The Morgan fingerprint density at radius 1 is 1.18 bits per heavy atom. The molecule has 1 aromatic heterocycles. The smallest absolute Gasteiger partial charge is 0.224 e. The molecule has 7 heteroatoms. The summed E-state index contributed by atoms with van der Waals surface area (Å²) >= 11 is 0. The van der Waals surface area contributed by atoms with Gasteiger partial charge in [-0.2, -0.15) is 0 Å². The summed E-state index contributed by atoms with van der Waals surface area (Å²) in [5.74, 6) is 1.34. The van der Waals surface area contributed by atoms with Gasteiger partial charge in [-0.1, -0.05) is 43.2 Å². The largest absolute Gasteiger partial charge is 0.337 e. The minimum atomic E-state index is 0.220. The Hall–Kier alpha value is -2.28. The summed E-state index contributed by atoms with van der Waals surface area (Å²) in [4.78, 5) is 17.9. The van der Waals surface area contributed by atoms with E-state index in [1.807, 2.05) is 6.92 Å². The highest BCUT2D eigenvalue weighted by molar-refractivity contribution is 5.77. The Bertz CT molecular complexity index is 791. The lowest BCUT2D eigenvalue weighted by atomic mass is 9.87. The number of hydrogen-bond acceptors (Lipinski definition) is 5. The molecule has 7 nitrogen and oxygen atoms in total. The fourth-order valence-electron chi connectivity index (χ4n) is 4.97. The van der Waals surface area contributed by atoms with Crippen LogP contribution in [0.4, 0.5) is 0 Å². The molecule has 0 radical (unpaired) electrons. The highest BCUT2D eigenvalue weighted by atomic mass is 16.2. The number of rotatable bonds is 4. The second kappa shape index (κ2) is 8.39. The summed E-state index contributed by atoms with van der Waals surface area (Å²) in [6, 6.07) is 11.4. The van der Waals surface area contributed by atoms with Crippen LogP contribution in [0, 0.1) is 6.92 Å². The first-order chi connectivity index (χ1) is 13.6. The monoisotopic (exact) mass is 382 g/mol. The van der Waals surface area contributed by atoms with Crippen LogP contribution in [-0.4, -0.2) is 68.1 Å². The summed E-state index contributed by atoms with van der Waals surface area (Å²) in [5.41, 5.74) is 1.34. The highest BCUT2D eigenvalue weighted by Gasteiger charge is 2.46. The molecule has 0 bridgehead atoms. The molecular formula is C21H30N6O. The van der Waals surface area contributed by atoms with Gasteiger partial charge in [0, 0.05) is 31.0 Å². The van der Waals surface area contributed by atoms with Crippen molar-refractivity contribution < 1.29 is 4.79 Å². The van der Waals surface area contributed by atoms with Gasteiger partial charge in [0.2, 0.25) is 5.91 Å². The molecule has 3 heterocycles. The van der Waals surface area contributed by atoms with E-state index in [1.165, 1.54) is 24.8 Å². The number of aryl methyl sites for hydroxylation is 2. The second-order valence-corrected chi connectivity index (χ2v) is 8.15. The lowest BCUT2D eigenvalue weighted by molar-refractivity contribution is -0.133. The van der Waals surface area contributed by atoms with E-state index in [4.69, 9.17) is 0 Å². The predicted molar refractivity (Wildman–Crippen MR) is 107 cm³/mol. The van der Waals surface area contributed by atoms with Gasteiger partial charge in [-0.3, -0.25) is 4.79 Å². The molecule has 2 saturated heterocycles. The number of nitrogens with zero attached hydrogens (tertiary/aromatic N) is 6. The molecule has 0 saturated carbocycles. The average Bonchev–Trinajstić information content (AvgIpc) is 3.28. The molecule has 0 N–H and O–H groups in total. The number of fused-ring (bicyclic) bond motifs is 1. The second-order valence-electron chi connectivity index (χ2n) is 8.15. The summed E-state index contributed by atoms with van der Waals surface area (Å²) < 4.78 is 1.71. The predicted octanol–water partition coefficient (Wildman–Crippen LogP) is 2.24. The summed E-state index contributed by atoms with van der Waals surface area (Å²) in [6.07, 6.45) is 5.23. The molecule has 0 unspecified atom stereocenters. The van der Waals surface area contributed by atoms with E-state index in [2.05, 4.69) is 62.7 Å². The number of amides is 1. The Morgan fingerprint density at radius 2 is 2.00 bits per heavy atom. The number of carbonyl (C=O) groups excluding carboxylic acids is 1. The van der Waals surface area contributed by atoms with Gasteiger partial charge in [-0.15, -0.1) is 5.10 Å². The standard InChI is InChI=1S/C21H30N6O/c1-16-22-23-24-27(16)14-12-20(28)26-15-18(17-9-5-3-6-10-17)21-19(26)11-7-4-8-13-25(21)2/h3,5-6,9-10,18-19,21H,4,7-8,11-15H2,1-2H3/t18-,19+,21-/m0/s1. The van der Waals surface area contributed by atoms with Gasteiger partial charge in [0.25, 0.3) is 0 Å². The third-order valence-electron chi connectivity index (χ3n) is 6.42. The van der Waals surface area contributed by atoms with Crippen molar-refractivity contribution in [1.82, 2.24) is 30.0 Å². The van der Waals surface area contributed by atoms with Gasteiger partial charge >= 0.3 is 0 Å². The fraction of sp³-hybridized carbons (Fsp3) is 0.619. The normalized spacial score (nSPS) is 25.9. The zero-order valence-corrected chi connectivity index (χ0v) is 16.9. The average molecular weight is 383 g/mol. The molecule has 0 spiro atoms. The lowest BCUT2D eigenvalue weighted by Gasteiger charge is -2.37. The Labute approximate surface area is 166 Å². The number of likely N-dealkylation sites (tertiary alicyclic amines) is 2. The molecule has 4 rings (SSSR count). The quantitative estimate of drug-likeness (QED) is 0.811. The van der Waals surface area contributed by atoms with Crippen molar-refractivity contribution in [3.63, 3.8) is 0 Å². The number of hydrogen-bond donors (Lipinski definition) is 0. The first-order valence-electron chi connectivity index (χ1n) is 10.4. The number of likely N-dealkylation sites (N-methyl/N-ethyl adjacent to an activating group) is 1. The highest BCUT2D eigenvalue weighted by Crippen LogP contribution is 2.38. The number of tetrazole rings is 1. The lowest BCUT2D eigenvalue weighted by Crippen LogP contribution is -2.47. The van der Waals surface area contributed by atoms with Crippen molar-refractivity contribution in [3.8, 4) is 0 Å². The van der Waals surface area contributed by atoms with Crippen LogP contribution in [0.3, 0.4) is 0 Å². The maximum atomic E-state index is 13.2. The van der Waals surface area contributed by atoms with E-state index in [1.54, 1.807) is 4.68 Å². The Kier molecular flexibility index (Phi) is 5.71. The minimum Gasteiger partial charge on any atom is -0.337 e. The van der Waals surface area contributed by atoms with Gasteiger partial charge in [0.05, 0.1) is 6.54 Å². The van der Waals surface area contributed by atoms with Gasteiger partial charge in [-0.05, 0) is 49.3 Å². The Balaban J connectivity index is 1.55. The first kappa shape index (κ1) is 19.1. The topological polar surface area (TPSA) is 67.2 Å². The van der Waals surface area contributed by atoms with E-state index >= 15 is 0 Å². The van der Waals surface area contributed by atoms with Crippen LogP contribution in [0.25, 0.3) is 0 Å². The minimum absolute atomic E-state index is 0.220. The maximum absolute atomic E-state index is 13.2. The molecule has 28 heavy (non-hydrogen) atoms. The summed E-state index contributed by atoms with van der Waals surface area (Å²) in [5, 5.41) is 11.6. The van der Waals surface area contributed by atoms with Crippen LogP contribution in [0.5, 0.6) is 0 Å². The first-order valence-corrected chi connectivity index (χ1v) is 10.4. The van der Waals surface area contributed by atoms with E-state index in [-0.39, 0.29) is 11.9 Å². The molecular weight excluding hydrogens is 352 g/mol. The van der Waals surface area contributed by atoms with Crippen LogP contribution in [0.2, 0.25) is 0 Å². The molecule has 1 amide bonds. The van der Waals surface area contributed by atoms with Crippen molar-refractivity contribution >= 4 is 5.91 Å². The summed E-state index contributed by atoms with van der Waals surface area (Å²) in [7, 11) is 2.23.